The topological polar surface area (TPSA) is 76.9 Å². The van der Waals surface area contributed by atoms with Gasteiger partial charge >= 0.3 is 12.1 Å². The molecule has 1 aromatic heterocycles. The van der Waals surface area contributed by atoms with Gasteiger partial charge in [-0.1, -0.05) is 30.3 Å². The minimum Gasteiger partial charge on any atom is -0.461 e. The highest BCUT2D eigenvalue weighted by molar-refractivity contribution is 5.90. The van der Waals surface area contributed by atoms with E-state index in [0.29, 0.717) is 31.8 Å². The Labute approximate surface area is 195 Å². The molecule has 1 aromatic carbocycles. The molecule has 1 saturated heterocycles. The first kappa shape index (κ1) is 23.3. The predicted octanol–water partition coefficient (Wildman–Crippen LogP) is 3.80. The number of ether oxygens (including phenoxy) is 2. The normalized spacial score (nSPS) is 18.8. The fourth-order valence-electron chi connectivity index (χ4n) is 4.55. The Kier molecular flexibility index (Phi) is 6.74. The van der Waals surface area contributed by atoms with Gasteiger partial charge in [-0.3, -0.25) is 9.58 Å². The monoisotopic (exact) mass is 454 g/mol. The number of carbonyl (C=O) groups excluding carboxylic acids is 2. The van der Waals surface area contributed by atoms with Crippen LogP contribution in [0.2, 0.25) is 0 Å². The molecule has 1 amide bonds. The summed E-state index contributed by atoms with van der Waals surface area (Å²) in [6, 6.07) is 10.5. The number of hydrogen-bond donors (Lipinski definition) is 0. The van der Waals surface area contributed by atoms with Gasteiger partial charge in [0.15, 0.2) is 5.69 Å². The first-order valence-corrected chi connectivity index (χ1v) is 11.8. The van der Waals surface area contributed by atoms with Crippen LogP contribution in [0.15, 0.2) is 30.3 Å². The predicted molar refractivity (Wildman–Crippen MR) is 124 cm³/mol. The Morgan fingerprint density at radius 3 is 2.61 bits per heavy atom. The molecule has 0 saturated carbocycles. The summed E-state index contributed by atoms with van der Waals surface area (Å²) in [6.07, 6.45) is 1.13. The molecule has 2 aliphatic rings. The lowest BCUT2D eigenvalue weighted by Crippen LogP contribution is -2.40. The fraction of sp³-hybridized carbons (Fsp3) is 0.560. The lowest BCUT2D eigenvalue weighted by atomic mass is 10.1. The third-order valence-corrected chi connectivity index (χ3v) is 6.02. The molecule has 0 radical (unpaired) electrons. The highest BCUT2D eigenvalue weighted by Crippen LogP contribution is 2.30. The Bertz CT molecular complexity index is 996. The molecule has 2 aromatic rings. The van der Waals surface area contributed by atoms with E-state index in [9.17, 15) is 9.59 Å². The van der Waals surface area contributed by atoms with Crippen LogP contribution >= 0.6 is 0 Å². The number of fused-ring (bicyclic) bond motifs is 1. The summed E-state index contributed by atoms with van der Waals surface area (Å²) < 4.78 is 12.8. The van der Waals surface area contributed by atoms with Crippen LogP contribution in [0.3, 0.4) is 0 Å². The minimum atomic E-state index is -0.572. The molecule has 0 bridgehead atoms. The molecule has 4 rings (SSSR count). The molecule has 1 atom stereocenters. The van der Waals surface area contributed by atoms with Gasteiger partial charge in [-0.05, 0) is 39.7 Å². The Morgan fingerprint density at radius 2 is 1.91 bits per heavy atom. The Hall–Kier alpha value is -2.87. The van der Waals surface area contributed by atoms with Crippen molar-refractivity contribution in [1.82, 2.24) is 19.6 Å². The van der Waals surface area contributed by atoms with Crippen LogP contribution < -0.4 is 0 Å². The zero-order valence-corrected chi connectivity index (χ0v) is 20.0. The molecule has 0 aliphatic carbocycles. The summed E-state index contributed by atoms with van der Waals surface area (Å²) in [4.78, 5) is 29.7. The summed E-state index contributed by atoms with van der Waals surface area (Å²) in [5, 5.41) is 4.86. The molecular formula is C25H34N4O4. The van der Waals surface area contributed by atoms with E-state index in [4.69, 9.17) is 14.6 Å². The molecule has 8 nitrogen and oxygen atoms in total. The van der Waals surface area contributed by atoms with Crippen molar-refractivity contribution in [3.63, 3.8) is 0 Å². The van der Waals surface area contributed by atoms with Gasteiger partial charge in [0.2, 0.25) is 0 Å². The van der Waals surface area contributed by atoms with Crippen molar-refractivity contribution in [3.8, 4) is 0 Å². The molecule has 1 fully saturated rings. The first-order chi connectivity index (χ1) is 15.7. The lowest BCUT2D eigenvalue weighted by molar-refractivity contribution is 0.0219. The Balaban J connectivity index is 1.56. The molecule has 33 heavy (non-hydrogen) atoms. The average molecular weight is 455 g/mol. The van der Waals surface area contributed by atoms with Gasteiger partial charge in [0.25, 0.3) is 0 Å². The summed E-state index contributed by atoms with van der Waals surface area (Å²) in [5.74, 6) is -0.376. The van der Waals surface area contributed by atoms with Crippen LogP contribution in [0.5, 0.6) is 0 Å². The smallest absolute Gasteiger partial charge is 0.410 e. The van der Waals surface area contributed by atoms with E-state index in [-0.39, 0.29) is 18.1 Å². The zero-order chi connectivity index (χ0) is 23.6. The second-order valence-corrected chi connectivity index (χ2v) is 9.75. The van der Waals surface area contributed by atoms with Crippen LogP contribution in [0.4, 0.5) is 4.79 Å². The average Bonchev–Trinajstić information content (AvgIpc) is 3.37. The molecule has 2 aliphatic heterocycles. The van der Waals surface area contributed by atoms with Crippen LogP contribution in [0.1, 0.15) is 67.5 Å². The minimum absolute atomic E-state index is 0.0914. The SMILES string of the molecule is CCOC(=O)c1c2c(nn1C1CCN(Cc3ccccc3)C1)CCN(C(=O)OC(C)(C)C)C2. The fourth-order valence-corrected chi connectivity index (χ4v) is 4.55. The number of nitrogens with zero attached hydrogens (tertiary/aromatic N) is 4. The van der Waals surface area contributed by atoms with E-state index in [1.807, 2.05) is 31.5 Å². The van der Waals surface area contributed by atoms with Gasteiger partial charge in [0.05, 0.1) is 24.9 Å². The highest BCUT2D eigenvalue weighted by atomic mass is 16.6. The van der Waals surface area contributed by atoms with Gasteiger partial charge < -0.3 is 14.4 Å². The standard InChI is InChI=1S/C25H34N4O4/c1-5-32-23(30)22-20-17-28(24(31)33-25(2,3)4)14-12-21(20)26-29(22)19-11-13-27(16-19)15-18-9-7-6-8-10-18/h6-10,19H,5,11-17H2,1-4H3. The van der Waals surface area contributed by atoms with Crippen molar-refractivity contribution < 1.29 is 19.1 Å². The number of hydrogen-bond acceptors (Lipinski definition) is 6. The van der Waals surface area contributed by atoms with Crippen molar-refractivity contribution in [3.05, 3.63) is 52.8 Å². The molecule has 1 unspecified atom stereocenters. The van der Waals surface area contributed by atoms with Gasteiger partial charge in [-0.2, -0.15) is 5.10 Å². The molecule has 178 valence electrons. The Morgan fingerprint density at radius 1 is 1.15 bits per heavy atom. The van der Waals surface area contributed by atoms with E-state index in [1.54, 1.807) is 11.8 Å². The van der Waals surface area contributed by atoms with E-state index in [0.717, 1.165) is 37.3 Å². The molecule has 3 heterocycles. The summed E-state index contributed by atoms with van der Waals surface area (Å²) in [5.41, 5.74) is 2.84. The van der Waals surface area contributed by atoms with Gasteiger partial charge in [0.1, 0.15) is 5.60 Å². The van der Waals surface area contributed by atoms with E-state index in [1.165, 1.54) is 5.56 Å². The second kappa shape index (κ2) is 9.55. The maximum Gasteiger partial charge on any atom is 0.410 e. The van der Waals surface area contributed by atoms with Crippen molar-refractivity contribution >= 4 is 12.1 Å². The summed E-state index contributed by atoms with van der Waals surface area (Å²) in [7, 11) is 0. The van der Waals surface area contributed by atoms with Crippen molar-refractivity contribution in [2.45, 2.75) is 65.3 Å². The van der Waals surface area contributed by atoms with Crippen LogP contribution in [-0.4, -0.2) is 63.5 Å². The number of rotatable bonds is 5. The third-order valence-electron chi connectivity index (χ3n) is 6.02. The number of aromatic nitrogens is 2. The number of likely N-dealkylation sites (tertiary alicyclic amines) is 1. The van der Waals surface area contributed by atoms with Crippen LogP contribution in [0.25, 0.3) is 0 Å². The zero-order valence-electron chi connectivity index (χ0n) is 20.0. The third kappa shape index (κ3) is 5.38. The van der Waals surface area contributed by atoms with E-state index < -0.39 is 5.60 Å². The quantitative estimate of drug-likeness (QED) is 0.640. The maximum absolute atomic E-state index is 13.0. The molecular weight excluding hydrogens is 420 g/mol. The van der Waals surface area contributed by atoms with Gasteiger partial charge in [-0.25, -0.2) is 9.59 Å². The number of carbonyl (C=O) groups is 2. The van der Waals surface area contributed by atoms with E-state index in [2.05, 4.69) is 29.2 Å². The number of esters is 1. The van der Waals surface area contributed by atoms with Gasteiger partial charge in [0, 0.05) is 38.2 Å². The van der Waals surface area contributed by atoms with Crippen LogP contribution in [-0.2, 0) is 29.0 Å². The molecule has 8 heteroatoms. The molecule has 0 spiro atoms. The molecule has 0 N–H and O–H groups in total. The maximum atomic E-state index is 13.0. The summed E-state index contributed by atoms with van der Waals surface area (Å²) in [6.45, 7) is 11.1. The van der Waals surface area contributed by atoms with E-state index >= 15 is 0 Å². The lowest BCUT2D eigenvalue weighted by Gasteiger charge is -2.29. The second-order valence-electron chi connectivity index (χ2n) is 9.75. The van der Waals surface area contributed by atoms with Crippen molar-refractivity contribution in [2.24, 2.45) is 0 Å². The van der Waals surface area contributed by atoms with Crippen molar-refractivity contribution in [1.29, 1.82) is 0 Å². The largest absolute Gasteiger partial charge is 0.461 e. The van der Waals surface area contributed by atoms with Gasteiger partial charge in [-0.15, -0.1) is 0 Å². The first-order valence-electron chi connectivity index (χ1n) is 11.8. The number of amides is 1. The van der Waals surface area contributed by atoms with Crippen LogP contribution in [0, 0.1) is 0 Å². The van der Waals surface area contributed by atoms with Crippen molar-refractivity contribution in [2.75, 3.05) is 26.2 Å². The summed E-state index contributed by atoms with van der Waals surface area (Å²) >= 11 is 0. The highest BCUT2D eigenvalue weighted by Gasteiger charge is 2.36. The number of benzene rings is 1.